The number of hydrazine groups is 1. The summed E-state index contributed by atoms with van der Waals surface area (Å²) < 4.78 is 0. The van der Waals surface area contributed by atoms with Gasteiger partial charge in [-0.2, -0.15) is 5.01 Å². The minimum Gasteiger partial charge on any atom is -0.318 e. The summed E-state index contributed by atoms with van der Waals surface area (Å²) in [6.45, 7) is 10.2. The van der Waals surface area contributed by atoms with Gasteiger partial charge in [0.05, 0.1) is 6.54 Å². The van der Waals surface area contributed by atoms with Crippen molar-refractivity contribution in [2.45, 2.75) is 52.6 Å². The van der Waals surface area contributed by atoms with E-state index in [1.54, 1.807) is 12.1 Å². The van der Waals surface area contributed by atoms with Crippen molar-refractivity contribution in [1.82, 2.24) is 20.7 Å². The minimum absolute atomic E-state index is 0.000538. The van der Waals surface area contributed by atoms with Crippen LogP contribution < -0.4 is 10.7 Å². The van der Waals surface area contributed by atoms with E-state index in [-0.39, 0.29) is 18.0 Å². The quantitative estimate of drug-likeness (QED) is 0.748. The van der Waals surface area contributed by atoms with E-state index in [9.17, 15) is 14.4 Å². The molecule has 1 saturated heterocycles. The van der Waals surface area contributed by atoms with Gasteiger partial charge in [0, 0.05) is 6.04 Å². The molecule has 0 saturated carbocycles. The van der Waals surface area contributed by atoms with Crippen LogP contribution in [0.15, 0.2) is 30.3 Å². The van der Waals surface area contributed by atoms with Crippen molar-refractivity contribution in [3.05, 3.63) is 35.9 Å². The third-order valence-electron chi connectivity index (χ3n) is 5.43. The molecule has 0 bridgehead atoms. The fourth-order valence-electron chi connectivity index (χ4n) is 3.22. The Hall–Kier alpha value is -2.41. The minimum atomic E-state index is -1.16. The number of nitrogens with zero attached hydrogens (tertiary/aromatic N) is 2. The van der Waals surface area contributed by atoms with Gasteiger partial charge in [-0.3, -0.25) is 19.9 Å². The van der Waals surface area contributed by atoms with E-state index >= 15 is 0 Å². The summed E-state index contributed by atoms with van der Waals surface area (Å²) in [7, 11) is 1.85. The van der Waals surface area contributed by atoms with Crippen molar-refractivity contribution in [2.24, 2.45) is 5.41 Å². The maximum Gasteiger partial charge on any atom is 0.344 e. The lowest BCUT2D eigenvalue weighted by molar-refractivity contribution is -0.140. The molecule has 7 nitrogen and oxygen atoms in total. The van der Waals surface area contributed by atoms with E-state index in [0.29, 0.717) is 12.0 Å². The van der Waals surface area contributed by atoms with Crippen LogP contribution >= 0.6 is 0 Å². The summed E-state index contributed by atoms with van der Waals surface area (Å²) in [6.07, 6.45) is 0.384. The number of rotatable bonds is 6. The number of imide groups is 1. The van der Waals surface area contributed by atoms with Crippen LogP contribution in [0, 0.1) is 5.41 Å². The second-order valence-electron chi connectivity index (χ2n) is 8.19. The Morgan fingerprint density at radius 1 is 1.26 bits per heavy atom. The normalized spacial score (nSPS) is 21.4. The van der Waals surface area contributed by atoms with Gasteiger partial charge in [0.25, 0.3) is 11.8 Å². The van der Waals surface area contributed by atoms with Gasteiger partial charge in [-0.1, -0.05) is 58.0 Å². The van der Waals surface area contributed by atoms with E-state index in [0.717, 1.165) is 5.01 Å². The van der Waals surface area contributed by atoms with Crippen molar-refractivity contribution in [2.75, 3.05) is 13.6 Å². The summed E-state index contributed by atoms with van der Waals surface area (Å²) in [6, 6.07) is 8.60. The monoisotopic (exact) mass is 374 g/mol. The lowest BCUT2D eigenvalue weighted by Crippen LogP contribution is -2.52. The first kappa shape index (κ1) is 20.9. The zero-order valence-corrected chi connectivity index (χ0v) is 17.0. The van der Waals surface area contributed by atoms with Crippen LogP contribution in [0.25, 0.3) is 0 Å². The number of hydrogen-bond acceptors (Lipinski definition) is 4. The summed E-state index contributed by atoms with van der Waals surface area (Å²) in [5.41, 5.74) is 2.01. The highest BCUT2D eigenvalue weighted by Gasteiger charge is 2.52. The van der Waals surface area contributed by atoms with E-state index in [4.69, 9.17) is 0 Å². The molecule has 2 rings (SSSR count). The first-order valence-corrected chi connectivity index (χ1v) is 9.25. The second-order valence-corrected chi connectivity index (χ2v) is 8.19. The van der Waals surface area contributed by atoms with Crippen molar-refractivity contribution in [3.8, 4) is 0 Å². The third kappa shape index (κ3) is 4.13. The summed E-state index contributed by atoms with van der Waals surface area (Å²) in [4.78, 5) is 39.8. The van der Waals surface area contributed by atoms with Gasteiger partial charge in [0.1, 0.15) is 5.54 Å². The average molecular weight is 374 g/mol. The molecule has 1 heterocycles. The first-order valence-electron chi connectivity index (χ1n) is 9.25. The van der Waals surface area contributed by atoms with Crippen LogP contribution in [0.5, 0.6) is 0 Å². The second kappa shape index (κ2) is 7.68. The third-order valence-corrected chi connectivity index (χ3v) is 5.43. The molecule has 7 heteroatoms. The lowest BCUT2D eigenvalue weighted by Gasteiger charge is -2.35. The number of carbonyl (C=O) groups is 3. The molecule has 1 aliphatic rings. The van der Waals surface area contributed by atoms with E-state index < -0.39 is 23.4 Å². The van der Waals surface area contributed by atoms with Crippen molar-refractivity contribution < 1.29 is 14.4 Å². The Morgan fingerprint density at radius 2 is 1.85 bits per heavy atom. The van der Waals surface area contributed by atoms with Crippen LogP contribution in [0.3, 0.4) is 0 Å². The predicted octanol–water partition coefficient (Wildman–Crippen LogP) is 2.24. The molecule has 0 aliphatic carbocycles. The van der Waals surface area contributed by atoms with Gasteiger partial charge < -0.3 is 5.32 Å². The van der Waals surface area contributed by atoms with E-state index in [1.807, 2.05) is 44.0 Å². The molecular weight excluding hydrogens is 344 g/mol. The van der Waals surface area contributed by atoms with Gasteiger partial charge in [0.15, 0.2) is 0 Å². The average Bonchev–Trinajstić information content (AvgIpc) is 2.86. The SMILES string of the molecule is CCC1(c2ccccc2)NC(=O)N(NC(=O)CN(C)C(C)C(C)(C)C)C1=O. The number of hydrogen-bond donors (Lipinski definition) is 2. The van der Waals surface area contributed by atoms with Crippen molar-refractivity contribution in [1.29, 1.82) is 0 Å². The van der Waals surface area contributed by atoms with E-state index in [2.05, 4.69) is 31.5 Å². The van der Waals surface area contributed by atoms with Gasteiger partial charge >= 0.3 is 6.03 Å². The Kier molecular flexibility index (Phi) is 5.94. The standard InChI is InChI=1S/C20H30N4O3/c1-7-20(15-11-9-8-10-12-15)17(26)24(18(27)21-20)22-16(25)13-23(6)14(2)19(3,4)5/h8-12,14H,7,13H2,1-6H3,(H,21,27)(H,22,25). The number of benzene rings is 1. The van der Waals surface area contributed by atoms with Crippen LogP contribution in [0.2, 0.25) is 0 Å². The number of carbonyl (C=O) groups excluding carboxylic acids is 3. The Labute approximate surface area is 161 Å². The molecule has 0 radical (unpaired) electrons. The van der Waals surface area contributed by atoms with Crippen LogP contribution in [0.1, 0.15) is 46.6 Å². The molecule has 4 amide bonds. The first-order chi connectivity index (χ1) is 12.5. The van der Waals surface area contributed by atoms with Crippen LogP contribution in [-0.4, -0.2) is 47.4 Å². The molecule has 1 aliphatic heterocycles. The molecule has 1 aromatic rings. The van der Waals surface area contributed by atoms with Gasteiger partial charge in [-0.15, -0.1) is 0 Å². The Bertz CT molecular complexity index is 714. The summed E-state index contributed by atoms with van der Waals surface area (Å²) in [5, 5.41) is 3.55. The molecule has 2 unspecified atom stereocenters. The van der Waals surface area contributed by atoms with Gasteiger partial charge in [0.2, 0.25) is 0 Å². The molecule has 2 atom stereocenters. The number of amides is 4. The highest BCUT2D eigenvalue weighted by molar-refractivity contribution is 6.08. The van der Waals surface area contributed by atoms with Gasteiger partial charge in [-0.05, 0) is 31.4 Å². The Balaban J connectivity index is 2.12. The van der Waals surface area contributed by atoms with Crippen LogP contribution in [-0.2, 0) is 15.1 Å². The van der Waals surface area contributed by atoms with Crippen molar-refractivity contribution in [3.63, 3.8) is 0 Å². The zero-order valence-electron chi connectivity index (χ0n) is 17.0. The maximum atomic E-state index is 13.0. The molecule has 1 fully saturated rings. The van der Waals surface area contributed by atoms with E-state index in [1.165, 1.54) is 0 Å². The lowest BCUT2D eigenvalue weighted by atomic mass is 9.87. The molecule has 27 heavy (non-hydrogen) atoms. The van der Waals surface area contributed by atoms with Crippen molar-refractivity contribution >= 4 is 17.8 Å². The van der Waals surface area contributed by atoms with Gasteiger partial charge in [-0.25, -0.2) is 4.79 Å². The highest BCUT2D eigenvalue weighted by atomic mass is 16.2. The topological polar surface area (TPSA) is 81.8 Å². The smallest absolute Gasteiger partial charge is 0.318 e. The molecule has 0 spiro atoms. The molecule has 1 aromatic carbocycles. The number of likely N-dealkylation sites (N-methyl/N-ethyl adjacent to an activating group) is 1. The fraction of sp³-hybridized carbons (Fsp3) is 0.550. The molecule has 2 N–H and O–H groups in total. The summed E-state index contributed by atoms with van der Waals surface area (Å²) in [5.74, 6) is -0.877. The largest absolute Gasteiger partial charge is 0.344 e. The highest BCUT2D eigenvalue weighted by Crippen LogP contribution is 2.31. The fourth-order valence-corrected chi connectivity index (χ4v) is 3.22. The molecule has 148 valence electrons. The zero-order chi connectivity index (χ0) is 20.4. The number of urea groups is 1. The van der Waals surface area contributed by atoms with Crippen LogP contribution in [0.4, 0.5) is 4.79 Å². The Morgan fingerprint density at radius 3 is 2.37 bits per heavy atom. The number of nitrogens with one attached hydrogen (secondary N) is 2. The molecule has 0 aromatic heterocycles. The predicted molar refractivity (Wildman–Crippen MR) is 103 cm³/mol. The molecular formula is C20H30N4O3. The summed E-state index contributed by atoms with van der Waals surface area (Å²) >= 11 is 0. The maximum absolute atomic E-state index is 13.0.